The van der Waals surface area contributed by atoms with Gasteiger partial charge in [-0.1, -0.05) is 48.8 Å². The number of hydrogen-bond donors (Lipinski definition) is 1. The van der Waals surface area contributed by atoms with Gasteiger partial charge in [0.15, 0.2) is 0 Å². The van der Waals surface area contributed by atoms with Gasteiger partial charge in [0.2, 0.25) is 5.91 Å². The first-order valence-electron chi connectivity index (χ1n) is 7.85. The average molecular weight is 366 g/mol. The van der Waals surface area contributed by atoms with E-state index in [1.807, 2.05) is 24.3 Å². The van der Waals surface area contributed by atoms with Gasteiger partial charge in [-0.25, -0.2) is 0 Å². The molecule has 1 N–H and O–H groups in total. The molecule has 3 saturated carbocycles. The van der Waals surface area contributed by atoms with Crippen LogP contribution in [-0.4, -0.2) is 17.8 Å². The van der Waals surface area contributed by atoms with Crippen LogP contribution >= 0.6 is 15.9 Å². The van der Waals surface area contributed by atoms with Crippen LogP contribution in [0.1, 0.15) is 39.2 Å². The summed E-state index contributed by atoms with van der Waals surface area (Å²) < 4.78 is 5.16. The Morgan fingerprint density at radius 3 is 2.36 bits per heavy atom. The van der Waals surface area contributed by atoms with Crippen LogP contribution in [0.15, 0.2) is 24.3 Å². The molecule has 120 valence electrons. The molecular formula is C18H24BrNO2. The van der Waals surface area contributed by atoms with E-state index in [-0.39, 0.29) is 27.0 Å². The minimum atomic E-state index is -0.270. The first-order valence-corrected chi connectivity index (χ1v) is 8.76. The van der Waals surface area contributed by atoms with Crippen LogP contribution in [0.2, 0.25) is 0 Å². The molecule has 3 aliphatic carbocycles. The number of fused-ring (bicyclic) bond motifs is 1. The predicted octanol–water partition coefficient (Wildman–Crippen LogP) is 3.90. The van der Waals surface area contributed by atoms with Crippen molar-refractivity contribution in [3.8, 4) is 5.75 Å². The highest BCUT2D eigenvalue weighted by atomic mass is 79.9. The van der Waals surface area contributed by atoms with Crippen molar-refractivity contribution in [2.75, 3.05) is 7.11 Å². The van der Waals surface area contributed by atoms with E-state index in [9.17, 15) is 4.79 Å². The number of methoxy groups -OCH3 is 1. The van der Waals surface area contributed by atoms with Gasteiger partial charge >= 0.3 is 0 Å². The molecule has 0 spiro atoms. The summed E-state index contributed by atoms with van der Waals surface area (Å²) in [5.74, 6) is 1.02. The van der Waals surface area contributed by atoms with E-state index in [1.165, 1.54) is 0 Å². The topological polar surface area (TPSA) is 38.3 Å². The highest BCUT2D eigenvalue weighted by Crippen LogP contribution is 2.79. The SMILES string of the molecule is COc1ccc(CNC(=O)C23CCC(C)(C2Br)C3(C)C)cc1. The highest BCUT2D eigenvalue weighted by molar-refractivity contribution is 9.09. The minimum Gasteiger partial charge on any atom is -0.497 e. The largest absolute Gasteiger partial charge is 0.497 e. The van der Waals surface area contributed by atoms with Crippen LogP contribution in [0.3, 0.4) is 0 Å². The van der Waals surface area contributed by atoms with Gasteiger partial charge in [0.1, 0.15) is 5.75 Å². The molecule has 1 amide bonds. The van der Waals surface area contributed by atoms with Crippen LogP contribution in [-0.2, 0) is 11.3 Å². The maximum Gasteiger partial charge on any atom is 0.228 e. The number of halogens is 1. The number of hydrogen-bond acceptors (Lipinski definition) is 2. The fraction of sp³-hybridized carbons (Fsp3) is 0.611. The molecule has 4 rings (SSSR count). The normalized spacial score (nSPS) is 34.9. The summed E-state index contributed by atoms with van der Waals surface area (Å²) in [5.41, 5.74) is 1.09. The van der Waals surface area contributed by atoms with Gasteiger partial charge in [-0.05, 0) is 41.4 Å². The lowest BCUT2D eigenvalue weighted by Crippen LogP contribution is -2.69. The summed E-state index contributed by atoms with van der Waals surface area (Å²) in [5, 5.41) is 3.15. The fourth-order valence-corrected chi connectivity index (χ4v) is 6.35. The number of alkyl halides is 1. The lowest BCUT2D eigenvalue weighted by molar-refractivity contribution is -0.161. The number of rotatable bonds is 4. The average Bonchev–Trinajstić information content (AvgIpc) is 2.93. The minimum absolute atomic E-state index is 0.0398. The predicted molar refractivity (Wildman–Crippen MR) is 91.1 cm³/mol. The van der Waals surface area contributed by atoms with E-state index < -0.39 is 0 Å². The second-order valence-corrected chi connectivity index (χ2v) is 8.32. The lowest BCUT2D eigenvalue weighted by Gasteiger charge is -2.64. The molecule has 22 heavy (non-hydrogen) atoms. The van der Waals surface area contributed by atoms with E-state index in [2.05, 4.69) is 42.0 Å². The third-order valence-electron chi connectivity index (χ3n) is 6.59. The van der Waals surface area contributed by atoms with Crippen molar-refractivity contribution in [3.63, 3.8) is 0 Å². The van der Waals surface area contributed by atoms with Gasteiger partial charge in [-0.15, -0.1) is 0 Å². The standard InChI is InChI=1S/C18H24BrNO2/c1-16(2)17(3)9-10-18(16,14(17)19)15(21)20-11-12-5-7-13(22-4)8-6-12/h5-8,14H,9-11H2,1-4H3,(H,20,21). The molecule has 1 aromatic rings. The summed E-state index contributed by atoms with van der Waals surface area (Å²) in [6.07, 6.45) is 2.09. The zero-order valence-corrected chi connectivity index (χ0v) is 15.3. The first kappa shape index (κ1) is 15.9. The second kappa shape index (κ2) is 4.98. The van der Waals surface area contributed by atoms with E-state index >= 15 is 0 Å². The van der Waals surface area contributed by atoms with E-state index in [0.29, 0.717) is 6.54 Å². The van der Waals surface area contributed by atoms with E-state index in [0.717, 1.165) is 24.2 Å². The van der Waals surface area contributed by atoms with Crippen LogP contribution in [0.4, 0.5) is 0 Å². The van der Waals surface area contributed by atoms with Crippen LogP contribution < -0.4 is 10.1 Å². The van der Waals surface area contributed by atoms with Crippen molar-refractivity contribution in [1.29, 1.82) is 0 Å². The van der Waals surface area contributed by atoms with E-state index in [4.69, 9.17) is 4.74 Å². The quantitative estimate of drug-likeness (QED) is 0.821. The highest BCUT2D eigenvalue weighted by Gasteiger charge is 2.79. The van der Waals surface area contributed by atoms with Gasteiger partial charge in [-0.2, -0.15) is 0 Å². The summed E-state index contributed by atoms with van der Waals surface area (Å²) >= 11 is 3.81. The molecule has 3 fully saturated rings. The van der Waals surface area contributed by atoms with Crippen molar-refractivity contribution in [1.82, 2.24) is 5.32 Å². The van der Waals surface area contributed by atoms with Crippen molar-refractivity contribution >= 4 is 21.8 Å². The summed E-state index contributed by atoms with van der Waals surface area (Å²) in [6, 6.07) is 7.83. The number of carbonyl (C=O) groups is 1. The Morgan fingerprint density at radius 2 is 1.91 bits per heavy atom. The van der Waals surface area contributed by atoms with Crippen molar-refractivity contribution in [3.05, 3.63) is 29.8 Å². The molecule has 0 radical (unpaired) electrons. The summed E-state index contributed by atoms with van der Waals surface area (Å²) in [7, 11) is 1.65. The Hall–Kier alpha value is -1.03. The molecule has 3 atom stereocenters. The molecule has 1 aromatic carbocycles. The van der Waals surface area contributed by atoms with Gasteiger partial charge < -0.3 is 10.1 Å². The maximum absolute atomic E-state index is 12.9. The molecule has 3 unspecified atom stereocenters. The molecule has 4 heteroatoms. The zero-order valence-electron chi connectivity index (χ0n) is 13.7. The molecule has 2 bridgehead atoms. The molecule has 3 aliphatic rings. The first-order chi connectivity index (χ1) is 10.3. The summed E-state index contributed by atoms with van der Waals surface area (Å²) in [4.78, 5) is 13.2. The Labute approximate surface area is 140 Å². The maximum atomic E-state index is 12.9. The van der Waals surface area contributed by atoms with Gasteiger partial charge in [-0.3, -0.25) is 4.79 Å². The number of amides is 1. The van der Waals surface area contributed by atoms with Crippen LogP contribution in [0, 0.1) is 16.2 Å². The number of nitrogens with one attached hydrogen (secondary N) is 1. The molecule has 0 aliphatic heterocycles. The van der Waals surface area contributed by atoms with E-state index in [1.54, 1.807) is 7.11 Å². The van der Waals surface area contributed by atoms with Gasteiger partial charge in [0, 0.05) is 11.4 Å². The van der Waals surface area contributed by atoms with Crippen molar-refractivity contribution in [2.24, 2.45) is 16.2 Å². The van der Waals surface area contributed by atoms with Crippen molar-refractivity contribution in [2.45, 2.75) is 45.0 Å². The summed E-state index contributed by atoms with van der Waals surface area (Å²) in [6.45, 7) is 7.35. The molecule has 3 nitrogen and oxygen atoms in total. The van der Waals surface area contributed by atoms with Crippen LogP contribution in [0.25, 0.3) is 0 Å². The molecule has 0 heterocycles. The smallest absolute Gasteiger partial charge is 0.228 e. The van der Waals surface area contributed by atoms with Crippen LogP contribution in [0.5, 0.6) is 5.75 Å². The third kappa shape index (κ3) is 1.76. The molecule has 0 aromatic heterocycles. The van der Waals surface area contributed by atoms with Gasteiger partial charge in [0.25, 0.3) is 0 Å². The Balaban J connectivity index is 1.70. The monoisotopic (exact) mass is 365 g/mol. The molecule has 0 saturated heterocycles. The Morgan fingerprint density at radius 1 is 1.27 bits per heavy atom. The number of benzene rings is 1. The van der Waals surface area contributed by atoms with Gasteiger partial charge in [0.05, 0.1) is 12.5 Å². The number of carbonyl (C=O) groups excluding carboxylic acids is 1. The fourth-order valence-electron chi connectivity index (χ4n) is 4.54. The number of ether oxygens (including phenoxy) is 1. The second-order valence-electron chi connectivity index (χ2n) is 7.41. The Kier molecular flexibility index (Phi) is 3.59. The zero-order chi connectivity index (χ0) is 16.2. The molecular weight excluding hydrogens is 342 g/mol. The Bertz CT molecular complexity index is 598. The lowest BCUT2D eigenvalue weighted by atomic mass is 9.43. The van der Waals surface area contributed by atoms with Crippen molar-refractivity contribution < 1.29 is 9.53 Å². The third-order valence-corrected chi connectivity index (χ3v) is 8.38.